The van der Waals surface area contributed by atoms with Gasteiger partial charge >= 0.3 is 0 Å². The van der Waals surface area contributed by atoms with E-state index in [9.17, 15) is 4.79 Å². The highest BCUT2D eigenvalue weighted by molar-refractivity contribution is 5.92. The summed E-state index contributed by atoms with van der Waals surface area (Å²) in [4.78, 5) is 15.9. The molecule has 1 saturated carbocycles. The fourth-order valence-electron chi connectivity index (χ4n) is 2.27. The molecule has 0 radical (unpaired) electrons. The molecule has 3 nitrogen and oxygen atoms in total. The van der Waals surface area contributed by atoms with Gasteiger partial charge in [0.25, 0.3) is 5.91 Å². The van der Waals surface area contributed by atoms with Gasteiger partial charge in [0.2, 0.25) is 0 Å². The smallest absolute Gasteiger partial charge is 0.270 e. The number of carbonyl (C=O) groups is 1. The molecule has 2 atom stereocenters. The molecule has 1 aliphatic rings. The minimum Gasteiger partial charge on any atom is -0.348 e. The van der Waals surface area contributed by atoms with Gasteiger partial charge in [0.05, 0.1) is 0 Å². The average Bonchev–Trinajstić information content (AvgIpc) is 2.33. The second-order valence-electron chi connectivity index (χ2n) is 4.56. The first-order valence-corrected chi connectivity index (χ1v) is 5.99. The van der Waals surface area contributed by atoms with Crippen LogP contribution in [0.1, 0.15) is 43.1 Å². The lowest BCUT2D eigenvalue weighted by molar-refractivity contribution is 0.0905. The highest BCUT2D eigenvalue weighted by atomic mass is 16.1. The number of carbonyl (C=O) groups excluding carboxylic acids is 1. The van der Waals surface area contributed by atoms with Gasteiger partial charge in [-0.05, 0) is 30.9 Å². The van der Waals surface area contributed by atoms with Crippen LogP contribution in [0, 0.1) is 5.92 Å². The van der Waals surface area contributed by atoms with Crippen molar-refractivity contribution in [1.29, 1.82) is 0 Å². The Balaban J connectivity index is 1.96. The number of nitrogens with one attached hydrogen (secondary N) is 1. The van der Waals surface area contributed by atoms with Crippen molar-refractivity contribution in [1.82, 2.24) is 10.3 Å². The van der Waals surface area contributed by atoms with E-state index < -0.39 is 0 Å². The topological polar surface area (TPSA) is 42.0 Å². The van der Waals surface area contributed by atoms with Crippen molar-refractivity contribution in [2.45, 2.75) is 38.6 Å². The summed E-state index contributed by atoms with van der Waals surface area (Å²) in [7, 11) is 0. The number of pyridine rings is 1. The van der Waals surface area contributed by atoms with Crippen LogP contribution >= 0.6 is 0 Å². The zero-order chi connectivity index (χ0) is 11.4. The number of hydrogen-bond acceptors (Lipinski definition) is 2. The maximum atomic E-state index is 11.9. The van der Waals surface area contributed by atoms with Gasteiger partial charge in [-0.3, -0.25) is 9.78 Å². The van der Waals surface area contributed by atoms with E-state index in [-0.39, 0.29) is 5.91 Å². The third-order valence-electron chi connectivity index (χ3n) is 3.33. The fraction of sp³-hybridized carbons (Fsp3) is 0.538. The number of rotatable bonds is 2. The summed E-state index contributed by atoms with van der Waals surface area (Å²) >= 11 is 0. The Labute approximate surface area is 96.3 Å². The van der Waals surface area contributed by atoms with Crippen LogP contribution in [-0.2, 0) is 0 Å². The molecule has 0 saturated heterocycles. The van der Waals surface area contributed by atoms with Gasteiger partial charge < -0.3 is 5.32 Å². The van der Waals surface area contributed by atoms with E-state index in [2.05, 4.69) is 17.2 Å². The minimum atomic E-state index is -0.0423. The minimum absolute atomic E-state index is 0.0423. The average molecular weight is 218 g/mol. The second-order valence-corrected chi connectivity index (χ2v) is 4.56. The summed E-state index contributed by atoms with van der Waals surface area (Å²) in [6, 6.07) is 5.73. The van der Waals surface area contributed by atoms with Gasteiger partial charge in [0.15, 0.2) is 0 Å². The molecule has 0 aliphatic heterocycles. The molecule has 1 amide bonds. The quantitative estimate of drug-likeness (QED) is 0.828. The highest BCUT2D eigenvalue weighted by Crippen LogP contribution is 2.23. The molecule has 0 aromatic carbocycles. The van der Waals surface area contributed by atoms with Crippen LogP contribution in [0.15, 0.2) is 24.4 Å². The summed E-state index contributed by atoms with van der Waals surface area (Å²) in [6.07, 6.45) is 6.47. The van der Waals surface area contributed by atoms with Crippen LogP contribution < -0.4 is 5.32 Å². The Kier molecular flexibility index (Phi) is 3.54. The predicted octanol–water partition coefficient (Wildman–Crippen LogP) is 2.39. The number of nitrogens with zero attached hydrogens (tertiary/aromatic N) is 1. The molecule has 0 bridgehead atoms. The van der Waals surface area contributed by atoms with Crippen LogP contribution in [0.2, 0.25) is 0 Å². The van der Waals surface area contributed by atoms with Crippen molar-refractivity contribution in [3.05, 3.63) is 30.1 Å². The van der Waals surface area contributed by atoms with E-state index in [1.54, 1.807) is 12.3 Å². The Morgan fingerprint density at radius 2 is 2.19 bits per heavy atom. The van der Waals surface area contributed by atoms with E-state index in [0.29, 0.717) is 17.7 Å². The Morgan fingerprint density at radius 3 is 2.88 bits per heavy atom. The Hall–Kier alpha value is -1.38. The van der Waals surface area contributed by atoms with E-state index in [1.165, 1.54) is 19.3 Å². The van der Waals surface area contributed by atoms with Crippen molar-refractivity contribution < 1.29 is 4.79 Å². The largest absolute Gasteiger partial charge is 0.348 e. The maximum Gasteiger partial charge on any atom is 0.270 e. The first-order valence-electron chi connectivity index (χ1n) is 5.99. The molecule has 0 spiro atoms. The molecule has 1 N–H and O–H groups in total. The van der Waals surface area contributed by atoms with Gasteiger partial charge in [0, 0.05) is 12.2 Å². The molecule has 0 unspecified atom stereocenters. The van der Waals surface area contributed by atoms with Gasteiger partial charge in [-0.1, -0.05) is 25.8 Å². The van der Waals surface area contributed by atoms with Crippen molar-refractivity contribution >= 4 is 5.91 Å². The standard InChI is InChI=1S/C13H18N2O/c1-10-6-2-3-7-11(10)15-13(16)12-8-4-5-9-14-12/h4-5,8-11H,2-3,6-7H2,1H3,(H,15,16)/t10-,11+/m0/s1. The van der Waals surface area contributed by atoms with Crippen molar-refractivity contribution in [3.8, 4) is 0 Å². The maximum absolute atomic E-state index is 11.9. The monoisotopic (exact) mass is 218 g/mol. The van der Waals surface area contributed by atoms with Crippen LogP contribution in [-0.4, -0.2) is 16.9 Å². The van der Waals surface area contributed by atoms with Crippen LogP contribution in [0.25, 0.3) is 0 Å². The zero-order valence-corrected chi connectivity index (χ0v) is 9.65. The summed E-state index contributed by atoms with van der Waals surface area (Å²) in [5.41, 5.74) is 0.514. The van der Waals surface area contributed by atoms with Gasteiger partial charge in [-0.15, -0.1) is 0 Å². The highest BCUT2D eigenvalue weighted by Gasteiger charge is 2.23. The number of hydrogen-bond donors (Lipinski definition) is 1. The first kappa shape index (κ1) is 11.1. The molecule has 86 valence electrons. The van der Waals surface area contributed by atoms with E-state index in [0.717, 1.165) is 6.42 Å². The van der Waals surface area contributed by atoms with E-state index >= 15 is 0 Å². The van der Waals surface area contributed by atoms with Crippen molar-refractivity contribution in [3.63, 3.8) is 0 Å². The normalized spacial score (nSPS) is 25.1. The lowest BCUT2D eigenvalue weighted by Crippen LogP contribution is -2.41. The molecule has 3 heteroatoms. The molecule has 1 aromatic rings. The van der Waals surface area contributed by atoms with Gasteiger partial charge in [-0.25, -0.2) is 0 Å². The molecule has 1 aromatic heterocycles. The summed E-state index contributed by atoms with van der Waals surface area (Å²) in [6.45, 7) is 2.21. The van der Waals surface area contributed by atoms with Gasteiger partial charge in [0.1, 0.15) is 5.69 Å². The third-order valence-corrected chi connectivity index (χ3v) is 3.33. The Bertz CT molecular complexity index is 350. The Morgan fingerprint density at radius 1 is 1.38 bits per heavy atom. The second kappa shape index (κ2) is 5.10. The molecule has 2 rings (SSSR count). The lowest BCUT2D eigenvalue weighted by atomic mass is 9.86. The molecule has 1 aliphatic carbocycles. The van der Waals surface area contributed by atoms with Crippen molar-refractivity contribution in [2.75, 3.05) is 0 Å². The molecule has 1 fully saturated rings. The number of amides is 1. The molecule has 16 heavy (non-hydrogen) atoms. The van der Waals surface area contributed by atoms with Crippen LogP contribution in [0.4, 0.5) is 0 Å². The molecular formula is C13H18N2O. The first-order chi connectivity index (χ1) is 7.77. The third kappa shape index (κ3) is 2.60. The summed E-state index contributed by atoms with van der Waals surface area (Å²) in [5, 5.41) is 3.08. The zero-order valence-electron chi connectivity index (χ0n) is 9.65. The van der Waals surface area contributed by atoms with Gasteiger partial charge in [-0.2, -0.15) is 0 Å². The molecular weight excluding hydrogens is 200 g/mol. The lowest BCUT2D eigenvalue weighted by Gasteiger charge is -2.29. The SMILES string of the molecule is C[C@H]1CCCC[C@H]1NC(=O)c1ccccn1. The summed E-state index contributed by atoms with van der Waals surface area (Å²) < 4.78 is 0. The van der Waals surface area contributed by atoms with Crippen molar-refractivity contribution in [2.24, 2.45) is 5.92 Å². The number of aromatic nitrogens is 1. The summed E-state index contributed by atoms with van der Waals surface area (Å²) in [5.74, 6) is 0.542. The van der Waals surface area contributed by atoms with E-state index in [1.807, 2.05) is 12.1 Å². The molecule has 1 heterocycles. The van der Waals surface area contributed by atoms with Crippen LogP contribution in [0.3, 0.4) is 0 Å². The fourth-order valence-corrected chi connectivity index (χ4v) is 2.27. The van der Waals surface area contributed by atoms with Crippen LogP contribution in [0.5, 0.6) is 0 Å². The van der Waals surface area contributed by atoms with E-state index in [4.69, 9.17) is 0 Å². The predicted molar refractivity (Wildman–Crippen MR) is 63.1 cm³/mol.